The highest BCUT2D eigenvalue weighted by atomic mass is 35.5. The first-order chi connectivity index (χ1) is 12.6. The Balaban J connectivity index is 1.37. The van der Waals surface area contributed by atoms with Gasteiger partial charge in [0, 0.05) is 37.2 Å². The van der Waals surface area contributed by atoms with Crippen LogP contribution in [0.2, 0.25) is 5.02 Å². The number of nitrogens with zero attached hydrogens (tertiary/aromatic N) is 1. The standard InChI is InChI=1S/C20H23ClFN3S/c21-17-5-1-16(2-6-17)14-25-11-9-19(10-12-25)24-20(26)23-13-15-3-7-18(22)8-4-15/h1-8,19H,9-14H2,(H2,23,24,26). The second kappa shape index (κ2) is 9.31. The normalized spacial score (nSPS) is 15.6. The van der Waals surface area contributed by atoms with Crippen molar-refractivity contribution in [2.45, 2.75) is 32.0 Å². The second-order valence-corrected chi connectivity index (χ2v) is 7.48. The Hall–Kier alpha value is -1.69. The lowest BCUT2D eigenvalue weighted by atomic mass is 10.0. The van der Waals surface area contributed by atoms with Gasteiger partial charge in [0.1, 0.15) is 5.82 Å². The predicted octanol–water partition coefficient (Wildman–Crippen LogP) is 4.11. The summed E-state index contributed by atoms with van der Waals surface area (Å²) in [5.41, 5.74) is 2.30. The van der Waals surface area contributed by atoms with Gasteiger partial charge in [-0.25, -0.2) is 4.39 Å². The highest BCUT2D eigenvalue weighted by molar-refractivity contribution is 7.80. The minimum atomic E-state index is -0.222. The number of halogens is 2. The van der Waals surface area contributed by atoms with Crippen molar-refractivity contribution < 1.29 is 4.39 Å². The molecule has 0 radical (unpaired) electrons. The summed E-state index contributed by atoms with van der Waals surface area (Å²) in [5, 5.41) is 8.02. The zero-order valence-electron chi connectivity index (χ0n) is 14.6. The Kier molecular flexibility index (Phi) is 6.83. The highest BCUT2D eigenvalue weighted by Gasteiger charge is 2.19. The molecule has 1 aliphatic heterocycles. The molecule has 2 N–H and O–H groups in total. The third-order valence-corrected chi connectivity index (χ3v) is 5.12. The van der Waals surface area contributed by atoms with E-state index >= 15 is 0 Å². The molecule has 26 heavy (non-hydrogen) atoms. The van der Waals surface area contributed by atoms with E-state index in [1.807, 2.05) is 12.1 Å². The Labute approximate surface area is 164 Å². The van der Waals surface area contributed by atoms with Gasteiger partial charge in [-0.1, -0.05) is 35.9 Å². The van der Waals surface area contributed by atoms with Gasteiger partial charge < -0.3 is 10.6 Å². The van der Waals surface area contributed by atoms with Crippen LogP contribution in [-0.4, -0.2) is 29.1 Å². The number of likely N-dealkylation sites (tertiary alicyclic amines) is 1. The van der Waals surface area contributed by atoms with E-state index in [2.05, 4.69) is 27.7 Å². The molecular weight excluding hydrogens is 369 g/mol. The minimum absolute atomic E-state index is 0.222. The first-order valence-electron chi connectivity index (χ1n) is 8.84. The second-order valence-electron chi connectivity index (χ2n) is 6.63. The summed E-state index contributed by atoms with van der Waals surface area (Å²) in [7, 11) is 0. The lowest BCUT2D eigenvalue weighted by molar-refractivity contribution is 0.199. The Bertz CT molecular complexity index is 713. The predicted molar refractivity (Wildman–Crippen MR) is 109 cm³/mol. The topological polar surface area (TPSA) is 27.3 Å². The fourth-order valence-electron chi connectivity index (χ4n) is 3.10. The third-order valence-electron chi connectivity index (χ3n) is 4.61. The monoisotopic (exact) mass is 391 g/mol. The molecule has 138 valence electrons. The fourth-order valence-corrected chi connectivity index (χ4v) is 3.47. The average Bonchev–Trinajstić information content (AvgIpc) is 2.65. The van der Waals surface area contributed by atoms with Crippen LogP contribution in [0, 0.1) is 5.82 Å². The molecule has 2 aromatic rings. The number of piperidine rings is 1. The zero-order chi connectivity index (χ0) is 18.4. The molecule has 0 unspecified atom stereocenters. The molecule has 1 saturated heterocycles. The molecule has 3 nitrogen and oxygen atoms in total. The molecule has 6 heteroatoms. The quantitative estimate of drug-likeness (QED) is 0.750. The molecule has 0 amide bonds. The number of nitrogens with one attached hydrogen (secondary N) is 2. The summed E-state index contributed by atoms with van der Waals surface area (Å²) in [5.74, 6) is -0.222. The van der Waals surface area contributed by atoms with Crippen LogP contribution in [-0.2, 0) is 13.1 Å². The van der Waals surface area contributed by atoms with Crippen LogP contribution in [0.4, 0.5) is 4.39 Å². The van der Waals surface area contributed by atoms with Crippen molar-refractivity contribution in [1.29, 1.82) is 0 Å². The molecule has 2 aromatic carbocycles. The Morgan fingerprint density at radius 1 is 1.04 bits per heavy atom. The molecular formula is C20H23ClFN3S. The Morgan fingerprint density at radius 2 is 1.65 bits per heavy atom. The summed E-state index contributed by atoms with van der Waals surface area (Å²) in [6.07, 6.45) is 2.12. The molecule has 0 atom stereocenters. The lowest BCUT2D eigenvalue weighted by Gasteiger charge is -2.33. The highest BCUT2D eigenvalue weighted by Crippen LogP contribution is 2.16. The van der Waals surface area contributed by atoms with Crippen molar-refractivity contribution in [3.63, 3.8) is 0 Å². The molecule has 3 rings (SSSR count). The summed E-state index contributed by atoms with van der Waals surface area (Å²) in [6.45, 7) is 3.64. The number of benzene rings is 2. The van der Waals surface area contributed by atoms with E-state index in [-0.39, 0.29) is 5.82 Å². The van der Waals surface area contributed by atoms with Gasteiger partial charge in [0.25, 0.3) is 0 Å². The van der Waals surface area contributed by atoms with Crippen molar-refractivity contribution in [2.24, 2.45) is 0 Å². The lowest BCUT2D eigenvalue weighted by Crippen LogP contribution is -2.47. The van der Waals surface area contributed by atoms with Crippen LogP contribution in [0.3, 0.4) is 0 Å². The van der Waals surface area contributed by atoms with E-state index in [0.717, 1.165) is 43.1 Å². The van der Waals surface area contributed by atoms with E-state index < -0.39 is 0 Å². The van der Waals surface area contributed by atoms with Crippen LogP contribution in [0.1, 0.15) is 24.0 Å². The molecule has 0 saturated carbocycles. The number of hydrogen-bond donors (Lipinski definition) is 2. The molecule has 1 aliphatic rings. The summed E-state index contributed by atoms with van der Waals surface area (Å²) < 4.78 is 12.9. The SMILES string of the molecule is Fc1ccc(CNC(=S)NC2CCN(Cc3ccc(Cl)cc3)CC2)cc1. The summed E-state index contributed by atoms with van der Waals surface area (Å²) >= 11 is 11.3. The molecule has 1 fully saturated rings. The van der Waals surface area contributed by atoms with Crippen molar-refractivity contribution in [1.82, 2.24) is 15.5 Å². The fraction of sp³-hybridized carbons (Fsp3) is 0.350. The van der Waals surface area contributed by atoms with Crippen LogP contribution in [0.5, 0.6) is 0 Å². The van der Waals surface area contributed by atoms with Gasteiger partial charge >= 0.3 is 0 Å². The van der Waals surface area contributed by atoms with E-state index in [1.165, 1.54) is 17.7 Å². The van der Waals surface area contributed by atoms with Gasteiger partial charge in [-0.2, -0.15) is 0 Å². The minimum Gasteiger partial charge on any atom is -0.360 e. The smallest absolute Gasteiger partial charge is 0.166 e. The summed E-state index contributed by atoms with van der Waals surface area (Å²) in [4.78, 5) is 2.45. The van der Waals surface area contributed by atoms with E-state index in [1.54, 1.807) is 12.1 Å². The maximum Gasteiger partial charge on any atom is 0.166 e. The van der Waals surface area contributed by atoms with Gasteiger partial charge in [0.2, 0.25) is 0 Å². The number of hydrogen-bond acceptors (Lipinski definition) is 2. The zero-order valence-corrected chi connectivity index (χ0v) is 16.1. The first-order valence-corrected chi connectivity index (χ1v) is 9.63. The Morgan fingerprint density at radius 3 is 2.31 bits per heavy atom. The maximum atomic E-state index is 12.9. The molecule has 1 heterocycles. The average molecular weight is 392 g/mol. The number of rotatable bonds is 5. The molecule has 0 aromatic heterocycles. The molecule has 0 bridgehead atoms. The van der Waals surface area contributed by atoms with Crippen LogP contribution < -0.4 is 10.6 Å². The molecule has 0 aliphatic carbocycles. The van der Waals surface area contributed by atoms with Gasteiger partial charge in [-0.05, 0) is 60.5 Å². The van der Waals surface area contributed by atoms with Gasteiger partial charge in [0.15, 0.2) is 5.11 Å². The largest absolute Gasteiger partial charge is 0.360 e. The van der Waals surface area contributed by atoms with E-state index in [4.69, 9.17) is 23.8 Å². The van der Waals surface area contributed by atoms with Crippen molar-refractivity contribution in [2.75, 3.05) is 13.1 Å². The van der Waals surface area contributed by atoms with Crippen LogP contribution in [0.25, 0.3) is 0 Å². The van der Waals surface area contributed by atoms with Crippen molar-refractivity contribution in [3.05, 3.63) is 70.5 Å². The van der Waals surface area contributed by atoms with Crippen molar-refractivity contribution >= 4 is 28.9 Å². The van der Waals surface area contributed by atoms with Gasteiger partial charge in [-0.3, -0.25) is 4.90 Å². The summed E-state index contributed by atoms with van der Waals surface area (Å²) in [6, 6.07) is 14.9. The van der Waals surface area contributed by atoms with E-state index in [9.17, 15) is 4.39 Å². The van der Waals surface area contributed by atoms with Gasteiger partial charge in [0.05, 0.1) is 0 Å². The third kappa shape index (κ3) is 5.94. The van der Waals surface area contributed by atoms with Gasteiger partial charge in [-0.15, -0.1) is 0 Å². The maximum absolute atomic E-state index is 12.9. The van der Waals surface area contributed by atoms with Crippen LogP contribution >= 0.6 is 23.8 Å². The molecule has 0 spiro atoms. The van der Waals surface area contributed by atoms with E-state index in [0.29, 0.717) is 17.7 Å². The first kappa shape index (κ1) is 19.1. The van der Waals surface area contributed by atoms with Crippen molar-refractivity contribution in [3.8, 4) is 0 Å². The number of thiocarbonyl (C=S) groups is 1. The van der Waals surface area contributed by atoms with Crippen LogP contribution in [0.15, 0.2) is 48.5 Å².